The van der Waals surface area contributed by atoms with E-state index in [-0.39, 0.29) is 5.92 Å². The molecule has 0 aromatic carbocycles. The monoisotopic (exact) mass is 148 g/mol. The highest BCUT2D eigenvalue weighted by Crippen LogP contribution is 2.07. The van der Waals surface area contributed by atoms with Crippen molar-refractivity contribution in [2.24, 2.45) is 5.92 Å². The van der Waals surface area contributed by atoms with Crippen LogP contribution < -0.4 is 0 Å². The second-order valence-corrected chi connectivity index (χ2v) is 2.37. The van der Waals surface area contributed by atoms with Gasteiger partial charge in [-0.1, -0.05) is 13.3 Å². The molecule has 0 aromatic rings. The van der Waals surface area contributed by atoms with E-state index in [4.69, 9.17) is 5.11 Å². The minimum Gasteiger partial charge on any atom is -0.481 e. The Morgan fingerprint density at radius 1 is 1.78 bits per heavy atom. The Bertz CT molecular complexity index is 93.1. The lowest BCUT2D eigenvalue weighted by Gasteiger charge is -2.04. The van der Waals surface area contributed by atoms with Gasteiger partial charge >= 0.3 is 5.97 Å². The fourth-order valence-corrected chi connectivity index (χ4v) is 0.980. The summed E-state index contributed by atoms with van der Waals surface area (Å²) in [6.45, 7) is 1.97. The van der Waals surface area contributed by atoms with Crippen LogP contribution in [0.4, 0.5) is 0 Å². The third-order valence-corrected chi connectivity index (χ3v) is 1.65. The third-order valence-electron chi connectivity index (χ3n) is 1.21. The normalized spacial score (nSPS) is 13.1. The van der Waals surface area contributed by atoms with Crippen LogP contribution in [0, 0.1) is 5.92 Å². The van der Waals surface area contributed by atoms with E-state index in [2.05, 4.69) is 12.6 Å². The van der Waals surface area contributed by atoms with Crippen molar-refractivity contribution in [2.75, 3.05) is 5.75 Å². The summed E-state index contributed by atoms with van der Waals surface area (Å²) in [4.78, 5) is 10.3. The Balaban J connectivity index is 3.54. The molecule has 54 valence electrons. The van der Waals surface area contributed by atoms with Gasteiger partial charge in [-0.15, -0.1) is 0 Å². The molecule has 0 aliphatic heterocycles. The first kappa shape index (κ1) is 8.82. The minimum atomic E-state index is -0.730. The Labute approximate surface area is 60.7 Å². The van der Waals surface area contributed by atoms with Gasteiger partial charge in [-0.3, -0.25) is 4.79 Å². The number of rotatable bonds is 4. The smallest absolute Gasteiger partial charge is 0.307 e. The van der Waals surface area contributed by atoms with Crippen LogP contribution in [0.2, 0.25) is 0 Å². The van der Waals surface area contributed by atoms with Crippen LogP contribution in [0.15, 0.2) is 0 Å². The third kappa shape index (κ3) is 3.40. The second kappa shape index (κ2) is 4.68. The summed E-state index contributed by atoms with van der Waals surface area (Å²) in [6, 6.07) is 0. The van der Waals surface area contributed by atoms with Crippen LogP contribution in [-0.2, 0) is 4.79 Å². The van der Waals surface area contributed by atoms with E-state index in [1.807, 2.05) is 6.92 Å². The molecule has 0 saturated carbocycles. The molecule has 0 aromatic heterocycles. The summed E-state index contributed by atoms with van der Waals surface area (Å²) in [5.74, 6) is -0.534. The predicted octanol–water partition coefficient (Wildman–Crippen LogP) is 1.42. The molecule has 9 heavy (non-hydrogen) atoms. The van der Waals surface area contributed by atoms with Crippen molar-refractivity contribution >= 4 is 18.6 Å². The van der Waals surface area contributed by atoms with Gasteiger partial charge in [-0.2, -0.15) is 12.6 Å². The van der Waals surface area contributed by atoms with Crippen molar-refractivity contribution in [3.05, 3.63) is 0 Å². The van der Waals surface area contributed by atoms with Crippen LogP contribution >= 0.6 is 12.6 Å². The Kier molecular flexibility index (Phi) is 4.58. The van der Waals surface area contributed by atoms with Gasteiger partial charge in [0.05, 0.1) is 5.92 Å². The number of carboxylic acids is 1. The first-order valence-corrected chi connectivity index (χ1v) is 3.69. The number of thiol groups is 1. The summed E-state index contributed by atoms with van der Waals surface area (Å²) in [5, 5.41) is 8.46. The maximum Gasteiger partial charge on any atom is 0.307 e. The average Bonchev–Trinajstić information content (AvgIpc) is 1.82. The lowest BCUT2D eigenvalue weighted by molar-refractivity contribution is -0.141. The highest BCUT2D eigenvalue weighted by Gasteiger charge is 2.12. The summed E-state index contributed by atoms with van der Waals surface area (Å²) in [5.41, 5.74) is 0. The maximum absolute atomic E-state index is 10.3. The number of aliphatic carboxylic acids is 1. The summed E-state index contributed by atoms with van der Waals surface area (Å²) >= 11 is 3.91. The van der Waals surface area contributed by atoms with Gasteiger partial charge in [0.1, 0.15) is 0 Å². The molecule has 0 rings (SSSR count). The molecule has 0 heterocycles. The van der Waals surface area contributed by atoms with E-state index < -0.39 is 5.97 Å². The molecule has 2 nitrogen and oxygen atoms in total. The summed E-state index contributed by atoms with van der Waals surface area (Å²) < 4.78 is 0. The van der Waals surface area contributed by atoms with Crippen LogP contribution in [-0.4, -0.2) is 16.8 Å². The van der Waals surface area contributed by atoms with Crippen LogP contribution in [0.25, 0.3) is 0 Å². The van der Waals surface area contributed by atoms with Gasteiger partial charge in [0.15, 0.2) is 0 Å². The molecule has 1 atom stereocenters. The van der Waals surface area contributed by atoms with Crippen LogP contribution in [0.3, 0.4) is 0 Å². The molecule has 3 heteroatoms. The van der Waals surface area contributed by atoms with Gasteiger partial charge in [0.25, 0.3) is 0 Å². The fraction of sp³-hybridized carbons (Fsp3) is 0.833. The molecular weight excluding hydrogens is 136 g/mol. The molecule has 0 bridgehead atoms. The van der Waals surface area contributed by atoms with Crippen molar-refractivity contribution in [3.63, 3.8) is 0 Å². The summed E-state index contributed by atoms with van der Waals surface area (Å²) in [6.07, 6.45) is 1.65. The molecule has 1 unspecified atom stereocenters. The van der Waals surface area contributed by atoms with Gasteiger partial charge in [-0.05, 0) is 6.42 Å². The molecule has 0 spiro atoms. The van der Waals surface area contributed by atoms with E-state index in [0.29, 0.717) is 5.75 Å². The zero-order valence-electron chi connectivity index (χ0n) is 5.50. The van der Waals surface area contributed by atoms with Gasteiger partial charge in [0, 0.05) is 5.75 Å². The average molecular weight is 148 g/mol. The fourth-order valence-electron chi connectivity index (χ4n) is 0.641. The molecule has 0 aliphatic carbocycles. The standard InChI is InChI=1S/C6H12O2S/c1-2-3-5(4-9)6(7)8/h5,9H,2-4H2,1H3,(H,7,8). The molecule has 0 aliphatic rings. The maximum atomic E-state index is 10.3. The lowest BCUT2D eigenvalue weighted by Crippen LogP contribution is -2.14. The van der Waals surface area contributed by atoms with E-state index in [1.54, 1.807) is 0 Å². The Morgan fingerprint density at radius 3 is 2.44 bits per heavy atom. The number of hydrogen-bond acceptors (Lipinski definition) is 2. The highest BCUT2D eigenvalue weighted by atomic mass is 32.1. The number of hydrogen-bond donors (Lipinski definition) is 2. The molecule has 0 radical (unpaired) electrons. The number of carboxylic acid groups (broad SMARTS) is 1. The molecule has 0 saturated heterocycles. The van der Waals surface area contributed by atoms with E-state index in [0.717, 1.165) is 12.8 Å². The van der Waals surface area contributed by atoms with Crippen molar-refractivity contribution < 1.29 is 9.90 Å². The predicted molar refractivity (Wildman–Crippen MR) is 39.9 cm³/mol. The lowest BCUT2D eigenvalue weighted by atomic mass is 10.1. The highest BCUT2D eigenvalue weighted by molar-refractivity contribution is 7.80. The first-order valence-electron chi connectivity index (χ1n) is 3.06. The quantitative estimate of drug-likeness (QED) is 0.592. The topological polar surface area (TPSA) is 37.3 Å². The van der Waals surface area contributed by atoms with Crippen molar-refractivity contribution in [1.82, 2.24) is 0 Å². The number of carbonyl (C=O) groups is 1. The van der Waals surface area contributed by atoms with Gasteiger partial charge < -0.3 is 5.11 Å². The zero-order valence-corrected chi connectivity index (χ0v) is 6.40. The Morgan fingerprint density at radius 2 is 2.33 bits per heavy atom. The zero-order chi connectivity index (χ0) is 7.28. The SMILES string of the molecule is CCCC(CS)C(=O)O. The van der Waals surface area contributed by atoms with Crippen LogP contribution in [0.5, 0.6) is 0 Å². The van der Waals surface area contributed by atoms with E-state index in [1.165, 1.54) is 0 Å². The molecule has 1 N–H and O–H groups in total. The van der Waals surface area contributed by atoms with E-state index in [9.17, 15) is 4.79 Å². The molecular formula is C6H12O2S. The van der Waals surface area contributed by atoms with Crippen molar-refractivity contribution in [1.29, 1.82) is 0 Å². The van der Waals surface area contributed by atoms with Crippen LogP contribution in [0.1, 0.15) is 19.8 Å². The largest absolute Gasteiger partial charge is 0.481 e. The minimum absolute atomic E-state index is 0.252. The van der Waals surface area contributed by atoms with Crippen molar-refractivity contribution in [3.8, 4) is 0 Å². The van der Waals surface area contributed by atoms with Gasteiger partial charge in [-0.25, -0.2) is 0 Å². The first-order chi connectivity index (χ1) is 4.22. The molecule has 0 amide bonds. The second-order valence-electron chi connectivity index (χ2n) is 2.01. The van der Waals surface area contributed by atoms with E-state index >= 15 is 0 Å². The van der Waals surface area contributed by atoms with Crippen molar-refractivity contribution in [2.45, 2.75) is 19.8 Å². The molecule has 0 fully saturated rings. The summed E-state index contributed by atoms with van der Waals surface area (Å²) in [7, 11) is 0. The van der Waals surface area contributed by atoms with Gasteiger partial charge in [0.2, 0.25) is 0 Å². The Hall–Kier alpha value is -0.180.